The van der Waals surface area contributed by atoms with E-state index in [0.717, 1.165) is 11.1 Å². The number of hydrogen-bond donors (Lipinski definition) is 3. The highest BCUT2D eigenvalue weighted by molar-refractivity contribution is 6.01. The molecule has 0 saturated heterocycles. The molecule has 244 valence electrons. The van der Waals surface area contributed by atoms with Crippen LogP contribution < -0.4 is 5.32 Å². The van der Waals surface area contributed by atoms with E-state index < -0.39 is 41.0 Å². The summed E-state index contributed by atoms with van der Waals surface area (Å²) in [4.78, 5) is 47.4. The lowest BCUT2D eigenvalue weighted by atomic mass is 9.85. The van der Waals surface area contributed by atoms with Gasteiger partial charge >= 0.3 is 11.9 Å². The zero-order valence-electron chi connectivity index (χ0n) is 26.5. The summed E-state index contributed by atoms with van der Waals surface area (Å²) in [6.07, 6.45) is 1.54. The Hall–Kier alpha value is -5.45. The van der Waals surface area contributed by atoms with Crippen LogP contribution >= 0.6 is 0 Å². The van der Waals surface area contributed by atoms with Crippen LogP contribution in [-0.2, 0) is 32.1 Å². The van der Waals surface area contributed by atoms with E-state index in [4.69, 9.17) is 13.9 Å². The van der Waals surface area contributed by atoms with Crippen LogP contribution in [0, 0.1) is 17.2 Å². The van der Waals surface area contributed by atoms with E-state index in [-0.39, 0.29) is 42.5 Å². The quantitative estimate of drug-likeness (QED) is 0.136. The van der Waals surface area contributed by atoms with E-state index in [9.17, 15) is 23.9 Å². The van der Waals surface area contributed by atoms with Crippen LogP contribution in [0.25, 0.3) is 22.2 Å². The molecule has 0 aliphatic heterocycles. The van der Waals surface area contributed by atoms with E-state index in [0.29, 0.717) is 16.5 Å². The van der Waals surface area contributed by atoms with Gasteiger partial charge in [-0.3, -0.25) is 9.59 Å². The molecule has 2 atom stereocenters. The van der Waals surface area contributed by atoms with Crippen molar-refractivity contribution in [1.82, 2.24) is 15.3 Å². The minimum absolute atomic E-state index is 0.0297. The number of phenolic OH excluding ortho intramolecular Hbond substituents is 1. The summed E-state index contributed by atoms with van der Waals surface area (Å²) >= 11 is 0. The molecule has 5 rings (SSSR count). The number of carbonyl (C=O) groups is 3. The fourth-order valence-corrected chi connectivity index (χ4v) is 5.24. The number of H-pyrrole nitrogens is 1. The van der Waals surface area contributed by atoms with Crippen LogP contribution in [0.2, 0.25) is 0 Å². The molecule has 3 N–H and O–H groups in total. The number of ether oxygens (including phenoxy) is 2. The summed E-state index contributed by atoms with van der Waals surface area (Å²) < 4.78 is 30.9. The summed E-state index contributed by atoms with van der Waals surface area (Å²) in [5, 5.41) is 13.2. The Morgan fingerprint density at radius 3 is 2.43 bits per heavy atom. The van der Waals surface area contributed by atoms with Gasteiger partial charge in [0.2, 0.25) is 11.8 Å². The van der Waals surface area contributed by atoms with Crippen LogP contribution in [0.4, 0.5) is 4.39 Å². The molecule has 2 heterocycles. The number of rotatable bonds is 11. The van der Waals surface area contributed by atoms with Crippen molar-refractivity contribution in [1.29, 1.82) is 0 Å². The van der Waals surface area contributed by atoms with Gasteiger partial charge in [-0.05, 0) is 53.3 Å². The Kier molecular flexibility index (Phi) is 9.74. The fourth-order valence-electron chi connectivity index (χ4n) is 5.24. The monoisotopic (exact) mass is 641 g/mol. The lowest BCUT2D eigenvalue weighted by molar-refractivity contribution is -0.148. The summed E-state index contributed by atoms with van der Waals surface area (Å²) in [5.74, 6) is -2.98. The van der Waals surface area contributed by atoms with Crippen molar-refractivity contribution in [2.45, 2.75) is 46.3 Å². The van der Waals surface area contributed by atoms with Crippen molar-refractivity contribution in [3.05, 3.63) is 108 Å². The first-order valence-corrected chi connectivity index (χ1v) is 15.1. The molecule has 0 saturated carbocycles. The molecule has 1 amide bonds. The molecule has 10 nitrogen and oxygen atoms in total. The first-order valence-electron chi connectivity index (χ1n) is 15.1. The Balaban J connectivity index is 1.46. The Labute approximate surface area is 270 Å². The van der Waals surface area contributed by atoms with Crippen molar-refractivity contribution >= 4 is 28.7 Å². The topological polar surface area (TPSA) is 144 Å². The number of amides is 1. The van der Waals surface area contributed by atoms with E-state index in [2.05, 4.69) is 15.3 Å². The van der Waals surface area contributed by atoms with Gasteiger partial charge in [0.05, 0.1) is 19.4 Å². The summed E-state index contributed by atoms with van der Waals surface area (Å²) in [6, 6.07) is 18.9. The van der Waals surface area contributed by atoms with Crippen molar-refractivity contribution in [3.63, 3.8) is 0 Å². The third-order valence-corrected chi connectivity index (χ3v) is 7.76. The SMILES string of the molecule is COC(=O)c1nc([C@@H](NC(=O)[C@@H](CC(=O)OCc2ccccc2)Cc2ccc(O)cc2)C(C)(C)C)oc1-c1c[nH]c2ccc(F)cc12. The molecule has 0 bridgehead atoms. The van der Waals surface area contributed by atoms with E-state index in [1.54, 1.807) is 24.4 Å². The zero-order valence-corrected chi connectivity index (χ0v) is 26.5. The zero-order chi connectivity index (χ0) is 33.7. The van der Waals surface area contributed by atoms with Crippen molar-refractivity contribution < 1.29 is 37.8 Å². The number of benzene rings is 3. The minimum atomic E-state index is -0.864. The number of aromatic amines is 1. The number of carbonyl (C=O) groups excluding carboxylic acids is 3. The van der Waals surface area contributed by atoms with E-state index in [1.165, 1.54) is 31.4 Å². The molecule has 47 heavy (non-hydrogen) atoms. The lowest BCUT2D eigenvalue weighted by Gasteiger charge is -2.30. The minimum Gasteiger partial charge on any atom is -0.508 e. The predicted molar refractivity (Wildman–Crippen MR) is 172 cm³/mol. The van der Waals surface area contributed by atoms with Gasteiger partial charge in [-0.15, -0.1) is 0 Å². The number of phenols is 1. The number of nitrogens with one attached hydrogen (secondary N) is 2. The number of esters is 2. The highest BCUT2D eigenvalue weighted by Gasteiger charge is 2.37. The lowest BCUT2D eigenvalue weighted by Crippen LogP contribution is -2.41. The Morgan fingerprint density at radius 2 is 1.74 bits per heavy atom. The molecule has 11 heteroatoms. The van der Waals surface area contributed by atoms with Gasteiger partial charge in [0.25, 0.3) is 0 Å². The third kappa shape index (κ3) is 7.86. The summed E-state index contributed by atoms with van der Waals surface area (Å²) in [5.41, 5.74) is 1.72. The van der Waals surface area contributed by atoms with Crippen LogP contribution in [0.5, 0.6) is 5.75 Å². The van der Waals surface area contributed by atoms with Crippen LogP contribution in [0.15, 0.2) is 83.4 Å². The maximum absolute atomic E-state index is 14.2. The second-order valence-electron chi connectivity index (χ2n) is 12.3. The van der Waals surface area contributed by atoms with Gasteiger partial charge in [-0.25, -0.2) is 14.2 Å². The molecular formula is C36H36FN3O7. The average Bonchev–Trinajstić information content (AvgIpc) is 3.67. The fraction of sp³-hybridized carbons (Fsp3) is 0.278. The predicted octanol–water partition coefficient (Wildman–Crippen LogP) is 6.65. The van der Waals surface area contributed by atoms with Gasteiger partial charge in [0.15, 0.2) is 11.5 Å². The summed E-state index contributed by atoms with van der Waals surface area (Å²) in [7, 11) is 1.21. The number of aromatic hydroxyl groups is 1. The molecule has 0 unspecified atom stereocenters. The number of aromatic nitrogens is 2. The average molecular weight is 642 g/mol. The number of halogens is 1. The van der Waals surface area contributed by atoms with Gasteiger partial charge in [0.1, 0.15) is 24.2 Å². The van der Waals surface area contributed by atoms with E-state index in [1.807, 2.05) is 51.1 Å². The van der Waals surface area contributed by atoms with Gasteiger partial charge < -0.3 is 29.3 Å². The molecule has 2 aromatic heterocycles. The van der Waals surface area contributed by atoms with Crippen LogP contribution in [0.1, 0.15) is 60.7 Å². The maximum Gasteiger partial charge on any atom is 0.360 e. The standard InChI is InChI=1S/C36H36FN3O7/c1-36(2,3)32(34-39-30(35(44)45-4)31(47-34)27-19-38-28-15-12-24(37)18-26(27)28)40-33(43)23(16-21-10-13-25(41)14-11-21)17-29(42)46-20-22-8-6-5-7-9-22/h5-15,18-19,23,32,38,41H,16-17,20H2,1-4H3,(H,40,43)/t23-,32-/m1/s1. The number of hydrogen-bond acceptors (Lipinski definition) is 8. The number of nitrogens with zero attached hydrogens (tertiary/aromatic N) is 1. The number of methoxy groups -OCH3 is 1. The number of fused-ring (bicyclic) bond motifs is 1. The molecule has 3 aromatic carbocycles. The molecular weight excluding hydrogens is 605 g/mol. The van der Waals surface area contributed by atoms with Crippen LogP contribution in [-0.4, -0.2) is 40.0 Å². The third-order valence-electron chi connectivity index (χ3n) is 7.76. The first-order chi connectivity index (χ1) is 22.4. The van der Waals surface area contributed by atoms with Gasteiger partial charge in [-0.2, -0.15) is 0 Å². The molecule has 0 aliphatic carbocycles. The molecule has 0 aliphatic rings. The van der Waals surface area contributed by atoms with Gasteiger partial charge in [-0.1, -0.05) is 63.2 Å². The van der Waals surface area contributed by atoms with Crippen molar-refractivity contribution in [2.75, 3.05) is 7.11 Å². The first kappa shape index (κ1) is 32.9. The highest BCUT2D eigenvalue weighted by Crippen LogP contribution is 2.38. The largest absolute Gasteiger partial charge is 0.508 e. The second-order valence-corrected chi connectivity index (χ2v) is 12.3. The second kappa shape index (κ2) is 13.9. The summed E-state index contributed by atoms with van der Waals surface area (Å²) in [6.45, 7) is 5.66. The smallest absolute Gasteiger partial charge is 0.360 e. The Bertz CT molecular complexity index is 1870. The molecule has 5 aromatic rings. The normalized spacial score (nSPS) is 12.8. The number of oxazole rings is 1. The molecule has 0 fully saturated rings. The molecule has 0 radical (unpaired) electrons. The highest BCUT2D eigenvalue weighted by atomic mass is 19.1. The van der Waals surface area contributed by atoms with Crippen molar-refractivity contribution in [3.8, 4) is 17.1 Å². The van der Waals surface area contributed by atoms with Crippen molar-refractivity contribution in [2.24, 2.45) is 11.3 Å². The van der Waals surface area contributed by atoms with Crippen LogP contribution in [0.3, 0.4) is 0 Å². The maximum atomic E-state index is 14.2. The van der Waals surface area contributed by atoms with Gasteiger partial charge in [0, 0.05) is 22.7 Å². The van der Waals surface area contributed by atoms with E-state index >= 15 is 0 Å². The molecule has 0 spiro atoms. The Morgan fingerprint density at radius 1 is 1.02 bits per heavy atom.